The number of nitrogens with zero attached hydrogens (tertiary/aromatic N) is 1. The number of amides is 1. The molecular formula is C16H16N2OS. The summed E-state index contributed by atoms with van der Waals surface area (Å²) >= 11 is 1.39. The highest BCUT2D eigenvalue weighted by Crippen LogP contribution is 2.16. The third kappa shape index (κ3) is 3.42. The average molecular weight is 284 g/mol. The van der Waals surface area contributed by atoms with Gasteiger partial charge in [-0.1, -0.05) is 36.4 Å². The summed E-state index contributed by atoms with van der Waals surface area (Å²) in [5, 5.41) is 5.89. The van der Waals surface area contributed by atoms with Gasteiger partial charge in [0.25, 0.3) is 5.91 Å². The number of allylic oxidation sites excluding steroid dienone is 2. The third-order valence-electron chi connectivity index (χ3n) is 2.88. The monoisotopic (exact) mass is 284 g/mol. The Labute approximate surface area is 122 Å². The molecule has 0 aliphatic carbocycles. The lowest BCUT2D eigenvalue weighted by Crippen LogP contribution is -2.16. The molecule has 2 aromatic rings. The predicted octanol–water partition coefficient (Wildman–Crippen LogP) is 3.88. The first-order valence-electron chi connectivity index (χ1n) is 6.31. The largest absolute Gasteiger partial charge is 0.281 e. The van der Waals surface area contributed by atoms with Crippen molar-refractivity contribution < 1.29 is 4.79 Å². The van der Waals surface area contributed by atoms with E-state index < -0.39 is 0 Å². The average Bonchev–Trinajstić information content (AvgIpc) is 2.99. The van der Waals surface area contributed by atoms with Gasteiger partial charge in [-0.25, -0.2) is 5.43 Å². The van der Waals surface area contributed by atoms with Gasteiger partial charge in [0.15, 0.2) is 0 Å². The predicted molar refractivity (Wildman–Crippen MR) is 85.1 cm³/mol. The van der Waals surface area contributed by atoms with E-state index in [0.29, 0.717) is 4.88 Å². The quantitative estimate of drug-likeness (QED) is 0.672. The van der Waals surface area contributed by atoms with E-state index in [0.717, 1.165) is 11.1 Å². The van der Waals surface area contributed by atoms with Crippen molar-refractivity contribution in [2.45, 2.75) is 13.8 Å². The summed E-state index contributed by atoms with van der Waals surface area (Å²) < 4.78 is 0. The molecule has 3 nitrogen and oxygen atoms in total. The van der Waals surface area contributed by atoms with E-state index in [1.54, 1.807) is 12.3 Å². The van der Waals surface area contributed by atoms with Gasteiger partial charge in [-0.3, -0.25) is 4.79 Å². The number of carbonyl (C=O) groups excluding carboxylic acids is 1. The van der Waals surface area contributed by atoms with Crippen molar-refractivity contribution in [2.24, 2.45) is 5.10 Å². The number of aryl methyl sites for hydroxylation is 1. The number of thiophene rings is 1. The summed E-state index contributed by atoms with van der Waals surface area (Å²) in [6, 6.07) is 11.7. The van der Waals surface area contributed by atoms with E-state index in [1.165, 1.54) is 16.9 Å². The zero-order valence-corrected chi connectivity index (χ0v) is 12.3. The molecule has 0 aliphatic rings. The first-order valence-corrected chi connectivity index (χ1v) is 7.19. The Morgan fingerprint density at radius 2 is 2.05 bits per heavy atom. The van der Waals surface area contributed by atoms with Crippen LogP contribution in [0, 0.1) is 6.92 Å². The van der Waals surface area contributed by atoms with E-state index in [1.807, 2.05) is 42.6 Å². The molecule has 1 heterocycles. The Morgan fingerprint density at radius 1 is 1.25 bits per heavy atom. The zero-order valence-electron chi connectivity index (χ0n) is 11.5. The molecule has 0 aliphatic heterocycles. The smallest absolute Gasteiger partial charge is 0.266 e. The van der Waals surface area contributed by atoms with Gasteiger partial charge in [0.1, 0.15) is 0 Å². The Morgan fingerprint density at radius 3 is 2.70 bits per heavy atom. The summed E-state index contributed by atoms with van der Waals surface area (Å²) in [5.74, 6) is -0.184. The molecule has 1 aromatic carbocycles. The molecule has 2 rings (SSSR count). The molecule has 0 spiro atoms. The van der Waals surface area contributed by atoms with Crippen LogP contribution in [0.5, 0.6) is 0 Å². The Bertz CT molecular complexity index is 642. The minimum Gasteiger partial charge on any atom is -0.266 e. The number of hydrogen-bond donors (Lipinski definition) is 1. The van der Waals surface area contributed by atoms with Crippen molar-refractivity contribution >= 4 is 29.0 Å². The lowest BCUT2D eigenvalue weighted by molar-refractivity contribution is 0.0959. The van der Waals surface area contributed by atoms with Crippen LogP contribution in [0.3, 0.4) is 0 Å². The van der Waals surface area contributed by atoms with Crippen LogP contribution in [-0.2, 0) is 0 Å². The van der Waals surface area contributed by atoms with E-state index in [-0.39, 0.29) is 5.91 Å². The first kappa shape index (κ1) is 14.2. The fourth-order valence-corrected chi connectivity index (χ4v) is 2.43. The first-order chi connectivity index (χ1) is 9.72. The molecular weight excluding hydrogens is 268 g/mol. The van der Waals surface area contributed by atoms with Gasteiger partial charge in [0.05, 0.1) is 11.1 Å². The van der Waals surface area contributed by atoms with Crippen LogP contribution in [0.25, 0.3) is 5.57 Å². The third-order valence-corrected chi connectivity index (χ3v) is 3.75. The molecule has 20 heavy (non-hydrogen) atoms. The molecule has 0 saturated heterocycles. The summed E-state index contributed by atoms with van der Waals surface area (Å²) in [4.78, 5) is 12.4. The van der Waals surface area contributed by atoms with Crippen LogP contribution >= 0.6 is 11.3 Å². The van der Waals surface area contributed by atoms with Gasteiger partial charge in [0, 0.05) is 0 Å². The zero-order chi connectivity index (χ0) is 14.4. The number of hydrogen-bond acceptors (Lipinski definition) is 3. The molecule has 0 radical (unpaired) electrons. The normalized spacial score (nSPS) is 11.8. The van der Waals surface area contributed by atoms with Crippen molar-refractivity contribution in [1.29, 1.82) is 0 Å². The highest BCUT2D eigenvalue weighted by Gasteiger charge is 2.04. The molecule has 0 atom stereocenters. The van der Waals surface area contributed by atoms with Gasteiger partial charge in [-0.2, -0.15) is 5.10 Å². The van der Waals surface area contributed by atoms with Gasteiger partial charge < -0.3 is 0 Å². The van der Waals surface area contributed by atoms with Gasteiger partial charge in [-0.15, -0.1) is 11.3 Å². The minimum absolute atomic E-state index is 0.184. The highest BCUT2D eigenvalue weighted by atomic mass is 32.1. The van der Waals surface area contributed by atoms with Gasteiger partial charge in [-0.05, 0) is 42.0 Å². The van der Waals surface area contributed by atoms with Crippen LogP contribution < -0.4 is 5.43 Å². The van der Waals surface area contributed by atoms with Crippen molar-refractivity contribution in [3.05, 3.63) is 63.9 Å². The van der Waals surface area contributed by atoms with Crippen molar-refractivity contribution in [3.63, 3.8) is 0 Å². The van der Waals surface area contributed by atoms with E-state index in [9.17, 15) is 4.79 Å². The number of hydrazone groups is 1. The minimum atomic E-state index is -0.184. The van der Waals surface area contributed by atoms with Crippen molar-refractivity contribution in [1.82, 2.24) is 5.43 Å². The summed E-state index contributed by atoms with van der Waals surface area (Å²) in [7, 11) is 0. The Kier molecular flexibility index (Phi) is 4.85. The summed E-state index contributed by atoms with van der Waals surface area (Å²) in [6.07, 6.45) is 3.65. The van der Waals surface area contributed by atoms with E-state index in [2.05, 4.69) is 23.5 Å². The van der Waals surface area contributed by atoms with Gasteiger partial charge in [0.2, 0.25) is 0 Å². The van der Waals surface area contributed by atoms with Crippen LogP contribution in [0.1, 0.15) is 27.7 Å². The second-order valence-electron chi connectivity index (χ2n) is 4.24. The molecule has 4 heteroatoms. The lowest BCUT2D eigenvalue weighted by Gasteiger charge is -2.05. The van der Waals surface area contributed by atoms with Crippen molar-refractivity contribution in [2.75, 3.05) is 0 Å². The molecule has 0 unspecified atom stereocenters. The van der Waals surface area contributed by atoms with Crippen molar-refractivity contribution in [3.8, 4) is 0 Å². The molecule has 0 fully saturated rings. The van der Waals surface area contributed by atoms with Crippen LogP contribution in [0.2, 0.25) is 0 Å². The Hall–Kier alpha value is -2.20. The number of benzene rings is 1. The Balaban J connectivity index is 2.06. The second kappa shape index (κ2) is 6.82. The second-order valence-corrected chi connectivity index (χ2v) is 5.18. The summed E-state index contributed by atoms with van der Waals surface area (Å²) in [5.41, 5.74) is 5.81. The number of carbonyl (C=O) groups is 1. The van der Waals surface area contributed by atoms with Crippen LogP contribution in [0.15, 0.2) is 53.0 Å². The maximum absolute atomic E-state index is 11.7. The van der Waals surface area contributed by atoms with E-state index >= 15 is 0 Å². The molecule has 0 bridgehead atoms. The van der Waals surface area contributed by atoms with E-state index in [4.69, 9.17) is 0 Å². The number of rotatable bonds is 4. The molecule has 102 valence electrons. The fourth-order valence-electron chi connectivity index (χ4n) is 1.82. The highest BCUT2D eigenvalue weighted by molar-refractivity contribution is 7.12. The number of nitrogens with one attached hydrogen (secondary N) is 1. The maximum atomic E-state index is 11.7. The lowest BCUT2D eigenvalue weighted by atomic mass is 10.0. The van der Waals surface area contributed by atoms with Crippen LogP contribution in [0.4, 0.5) is 0 Å². The summed E-state index contributed by atoms with van der Waals surface area (Å²) in [6.45, 7) is 4.01. The molecule has 1 N–H and O–H groups in total. The maximum Gasteiger partial charge on any atom is 0.281 e. The molecule has 0 saturated carbocycles. The standard InChI is InChI=1S/C16H16N2OS/c1-3-13(14-8-5-4-7-12(14)2)11-17-18-16(19)15-9-6-10-20-15/h3-11H,1-2H3,(H,18,19)/b13-3-,17-11+. The SMILES string of the molecule is C/C=C(/C=N/NC(=O)c1cccs1)c1ccccc1C. The topological polar surface area (TPSA) is 41.5 Å². The van der Waals surface area contributed by atoms with Gasteiger partial charge >= 0.3 is 0 Å². The fraction of sp³-hybridized carbons (Fsp3) is 0.125. The molecule has 1 aromatic heterocycles. The molecule has 1 amide bonds. The van der Waals surface area contributed by atoms with Crippen LogP contribution in [-0.4, -0.2) is 12.1 Å².